The van der Waals surface area contributed by atoms with Gasteiger partial charge in [0.1, 0.15) is 0 Å². The molecule has 2 aromatic carbocycles. The molecule has 0 aliphatic heterocycles. The van der Waals surface area contributed by atoms with Crippen molar-refractivity contribution in [1.29, 1.82) is 0 Å². The number of rotatable bonds is 6. The molecule has 0 spiro atoms. The molecule has 0 fully saturated rings. The van der Waals surface area contributed by atoms with E-state index in [9.17, 15) is 8.78 Å². The third-order valence-corrected chi connectivity index (χ3v) is 3.11. The molecule has 6 heteroatoms. The molecule has 0 heterocycles. The summed E-state index contributed by atoms with van der Waals surface area (Å²) in [6.07, 6.45) is 0. The Morgan fingerprint density at radius 3 is 2.24 bits per heavy atom. The van der Waals surface area contributed by atoms with Gasteiger partial charge in [-0.05, 0) is 28.6 Å². The lowest BCUT2D eigenvalue weighted by Crippen LogP contribution is -2.46. The van der Waals surface area contributed by atoms with Crippen LogP contribution in [0.2, 0.25) is 0 Å². The van der Waals surface area contributed by atoms with Crippen molar-refractivity contribution < 1.29 is 18.5 Å². The van der Waals surface area contributed by atoms with Crippen LogP contribution in [-0.4, -0.2) is 25.2 Å². The highest BCUT2D eigenvalue weighted by Crippen LogP contribution is 2.04. The Bertz CT molecular complexity index is 593. The van der Waals surface area contributed by atoms with Gasteiger partial charge < -0.3 is 15.5 Å². The van der Waals surface area contributed by atoms with E-state index < -0.39 is 18.6 Å². The van der Waals surface area contributed by atoms with Crippen molar-refractivity contribution in [2.75, 3.05) is 13.2 Å². The molecule has 0 saturated heterocycles. The van der Waals surface area contributed by atoms with Gasteiger partial charge in [-0.15, -0.1) is 0 Å². The van der Waals surface area contributed by atoms with Crippen molar-refractivity contribution >= 4 is 17.8 Å². The maximum Gasteiger partial charge on any atom is 0.361 e. The van der Waals surface area contributed by atoms with Crippen LogP contribution in [0.15, 0.2) is 42.5 Å². The van der Waals surface area contributed by atoms with Crippen molar-refractivity contribution in [2.45, 2.75) is 6.61 Å². The van der Waals surface area contributed by atoms with Crippen LogP contribution in [0.25, 0.3) is 0 Å². The standard InChI is InChI=1S/C15H16BF2NO2/c17-14-6-5-13(9-15(14)18)16(21-8-7-19)12-3-1-11(10-20)2-4-12/h1-6,9,20H,7-8,10,19H2. The van der Waals surface area contributed by atoms with E-state index in [-0.39, 0.29) is 6.61 Å². The van der Waals surface area contributed by atoms with Gasteiger partial charge in [0, 0.05) is 13.2 Å². The fourth-order valence-corrected chi connectivity index (χ4v) is 2.04. The Balaban J connectivity index is 2.33. The maximum absolute atomic E-state index is 13.4. The average Bonchev–Trinajstić information content (AvgIpc) is 2.51. The summed E-state index contributed by atoms with van der Waals surface area (Å²) in [6, 6.07) is 10.8. The van der Waals surface area contributed by atoms with E-state index in [0.717, 1.165) is 23.2 Å². The largest absolute Gasteiger partial charge is 0.426 e. The fourth-order valence-electron chi connectivity index (χ4n) is 2.04. The molecule has 0 aliphatic rings. The molecule has 21 heavy (non-hydrogen) atoms. The van der Waals surface area contributed by atoms with E-state index in [1.807, 2.05) is 0 Å². The second-order valence-corrected chi connectivity index (χ2v) is 4.61. The minimum absolute atomic E-state index is 0.0558. The molecule has 0 aliphatic carbocycles. The Morgan fingerprint density at radius 2 is 1.67 bits per heavy atom. The molecular weight excluding hydrogens is 275 g/mol. The highest BCUT2D eigenvalue weighted by molar-refractivity contribution is 6.80. The molecule has 3 nitrogen and oxygen atoms in total. The van der Waals surface area contributed by atoms with Crippen LogP contribution in [0.4, 0.5) is 8.78 Å². The summed E-state index contributed by atoms with van der Waals surface area (Å²) in [5, 5.41) is 9.05. The van der Waals surface area contributed by atoms with Gasteiger partial charge in [-0.3, -0.25) is 0 Å². The lowest BCUT2D eigenvalue weighted by molar-refractivity contribution is 0.282. The van der Waals surface area contributed by atoms with Crippen molar-refractivity contribution in [3.05, 3.63) is 59.7 Å². The Hall–Kier alpha value is -1.76. The zero-order valence-electron chi connectivity index (χ0n) is 11.4. The van der Waals surface area contributed by atoms with Gasteiger partial charge in [-0.2, -0.15) is 0 Å². The van der Waals surface area contributed by atoms with Crippen LogP contribution in [-0.2, 0) is 11.3 Å². The van der Waals surface area contributed by atoms with Crippen LogP contribution in [0.1, 0.15) is 5.56 Å². The molecule has 110 valence electrons. The minimum atomic E-state index is -0.916. The predicted molar refractivity (Wildman–Crippen MR) is 78.8 cm³/mol. The first kappa shape index (κ1) is 15.6. The zero-order chi connectivity index (χ0) is 15.2. The predicted octanol–water partition coefficient (Wildman–Crippen LogP) is 0.538. The highest BCUT2D eigenvalue weighted by Gasteiger charge is 2.22. The quantitative estimate of drug-likeness (QED) is 0.764. The van der Waals surface area contributed by atoms with Crippen LogP contribution < -0.4 is 16.7 Å². The van der Waals surface area contributed by atoms with Gasteiger partial charge in [-0.1, -0.05) is 30.3 Å². The van der Waals surface area contributed by atoms with E-state index in [4.69, 9.17) is 15.5 Å². The summed E-state index contributed by atoms with van der Waals surface area (Å²) in [5.41, 5.74) is 7.50. The third-order valence-electron chi connectivity index (χ3n) is 3.11. The molecule has 0 saturated carbocycles. The van der Waals surface area contributed by atoms with E-state index >= 15 is 0 Å². The minimum Gasteiger partial charge on any atom is -0.426 e. The monoisotopic (exact) mass is 291 g/mol. The third kappa shape index (κ3) is 3.88. The number of benzene rings is 2. The molecule has 0 unspecified atom stereocenters. The van der Waals surface area contributed by atoms with Gasteiger partial charge in [0.05, 0.1) is 6.61 Å². The topological polar surface area (TPSA) is 55.5 Å². The van der Waals surface area contributed by atoms with E-state index in [1.54, 1.807) is 24.3 Å². The molecule has 3 N–H and O–H groups in total. The second-order valence-electron chi connectivity index (χ2n) is 4.61. The number of halogens is 2. The molecule has 0 amide bonds. The number of nitrogens with two attached hydrogens (primary N) is 1. The second kappa shape index (κ2) is 7.31. The Kier molecular flexibility index (Phi) is 5.44. The van der Waals surface area contributed by atoms with Gasteiger partial charge in [0.2, 0.25) is 0 Å². The van der Waals surface area contributed by atoms with Crippen LogP contribution in [0, 0.1) is 11.6 Å². The molecule has 0 radical (unpaired) electrons. The SMILES string of the molecule is NCCOB(c1ccc(CO)cc1)c1ccc(F)c(F)c1. The van der Waals surface area contributed by atoms with Crippen molar-refractivity contribution in [1.82, 2.24) is 0 Å². The van der Waals surface area contributed by atoms with Crippen molar-refractivity contribution in [3.8, 4) is 0 Å². The summed E-state index contributed by atoms with van der Waals surface area (Å²) in [5.74, 6) is -1.81. The van der Waals surface area contributed by atoms with Gasteiger partial charge >= 0.3 is 6.92 Å². The first-order valence-corrected chi connectivity index (χ1v) is 6.62. The summed E-state index contributed by atoms with van der Waals surface area (Å²) in [7, 11) is 0. The summed E-state index contributed by atoms with van der Waals surface area (Å²) in [4.78, 5) is 0. The molecule has 2 aromatic rings. The highest BCUT2D eigenvalue weighted by atomic mass is 19.2. The van der Waals surface area contributed by atoms with Crippen molar-refractivity contribution in [2.24, 2.45) is 5.73 Å². The summed E-state index contributed by atoms with van der Waals surface area (Å²) >= 11 is 0. The molecule has 0 bridgehead atoms. The smallest absolute Gasteiger partial charge is 0.361 e. The fraction of sp³-hybridized carbons (Fsp3) is 0.200. The number of hydrogen-bond donors (Lipinski definition) is 2. The van der Waals surface area contributed by atoms with Gasteiger partial charge in [0.15, 0.2) is 11.6 Å². The van der Waals surface area contributed by atoms with Crippen LogP contribution in [0.3, 0.4) is 0 Å². The average molecular weight is 291 g/mol. The maximum atomic E-state index is 13.4. The van der Waals surface area contributed by atoms with E-state index in [0.29, 0.717) is 18.6 Å². The molecular formula is C15H16BF2NO2. The first-order valence-electron chi connectivity index (χ1n) is 6.62. The van der Waals surface area contributed by atoms with Crippen LogP contribution in [0.5, 0.6) is 0 Å². The Labute approximate surface area is 122 Å². The Morgan fingerprint density at radius 1 is 1.00 bits per heavy atom. The van der Waals surface area contributed by atoms with E-state index in [1.165, 1.54) is 6.07 Å². The van der Waals surface area contributed by atoms with E-state index in [2.05, 4.69) is 0 Å². The zero-order valence-corrected chi connectivity index (χ0v) is 11.4. The number of hydrogen-bond acceptors (Lipinski definition) is 3. The van der Waals surface area contributed by atoms with Crippen molar-refractivity contribution in [3.63, 3.8) is 0 Å². The van der Waals surface area contributed by atoms with Gasteiger partial charge in [-0.25, -0.2) is 8.78 Å². The summed E-state index contributed by atoms with van der Waals surface area (Å²) in [6.45, 7) is 0.0384. The molecule has 2 rings (SSSR count). The lowest BCUT2D eigenvalue weighted by atomic mass is 9.55. The number of aliphatic hydroxyl groups is 1. The number of aliphatic hydroxyl groups excluding tert-OH is 1. The summed E-state index contributed by atoms with van der Waals surface area (Å²) < 4.78 is 32.1. The normalized spacial score (nSPS) is 10.7. The first-order chi connectivity index (χ1) is 10.2. The lowest BCUT2D eigenvalue weighted by Gasteiger charge is -2.15. The van der Waals surface area contributed by atoms with Crippen LogP contribution >= 0.6 is 0 Å². The molecule has 0 aromatic heterocycles. The molecule has 0 atom stereocenters. The van der Waals surface area contributed by atoms with Gasteiger partial charge in [0.25, 0.3) is 0 Å².